The number of Topliss-reactive ketones (excluding diaryl/α,β-unsaturated/α-hetero) is 2. The smallest absolute Gasteiger partial charge is 0.181 e. The Morgan fingerprint density at radius 1 is 0.957 bits per heavy atom. The van der Waals surface area contributed by atoms with Crippen molar-refractivity contribution >= 4 is 17.3 Å². The Labute approximate surface area is 139 Å². The van der Waals surface area contributed by atoms with Gasteiger partial charge in [-0.05, 0) is 37.5 Å². The van der Waals surface area contributed by atoms with Gasteiger partial charge in [0.05, 0.1) is 5.57 Å². The minimum absolute atomic E-state index is 0.0425. The number of hydrogen-bond acceptors (Lipinski definition) is 3. The molecule has 0 amide bonds. The van der Waals surface area contributed by atoms with Crippen molar-refractivity contribution in [3.63, 3.8) is 0 Å². The van der Waals surface area contributed by atoms with Gasteiger partial charge in [0.2, 0.25) is 0 Å². The van der Waals surface area contributed by atoms with Crippen LogP contribution < -0.4 is 4.90 Å². The lowest BCUT2D eigenvalue weighted by Crippen LogP contribution is -2.38. The predicted octanol–water partition coefficient (Wildman–Crippen LogP) is 4.27. The van der Waals surface area contributed by atoms with Crippen molar-refractivity contribution in [1.29, 1.82) is 0 Å². The second-order valence-electron chi connectivity index (χ2n) is 6.15. The average Bonchev–Trinajstić information content (AvgIpc) is 2.56. The predicted molar refractivity (Wildman–Crippen MR) is 95.0 cm³/mol. The summed E-state index contributed by atoms with van der Waals surface area (Å²) in [6.07, 6.45) is 6.33. The zero-order valence-electron chi connectivity index (χ0n) is 14.5. The molecule has 0 radical (unpaired) electrons. The number of unbranched alkanes of at least 4 members (excludes halogenated alkanes) is 2. The number of anilines is 1. The van der Waals surface area contributed by atoms with Crippen LogP contribution in [0.2, 0.25) is 0 Å². The highest BCUT2D eigenvalue weighted by molar-refractivity contribution is 6.41. The van der Waals surface area contributed by atoms with Gasteiger partial charge in [0, 0.05) is 18.8 Å². The number of nitrogens with zero attached hydrogens (tertiary/aromatic N) is 1. The van der Waals surface area contributed by atoms with Gasteiger partial charge in [-0.15, -0.1) is 0 Å². The largest absolute Gasteiger partial charge is 0.372 e. The lowest BCUT2D eigenvalue weighted by molar-refractivity contribution is -0.133. The molecule has 124 valence electrons. The number of benzene rings is 1. The van der Waals surface area contributed by atoms with Crippen molar-refractivity contribution < 1.29 is 9.59 Å². The van der Waals surface area contributed by atoms with Crippen LogP contribution in [-0.2, 0) is 9.59 Å². The van der Waals surface area contributed by atoms with E-state index in [0.29, 0.717) is 5.57 Å². The van der Waals surface area contributed by atoms with E-state index in [2.05, 4.69) is 30.9 Å². The Morgan fingerprint density at radius 3 is 1.91 bits per heavy atom. The Hall–Kier alpha value is -1.90. The molecule has 1 aliphatic carbocycles. The van der Waals surface area contributed by atoms with Crippen molar-refractivity contribution in [3.05, 3.63) is 41.5 Å². The fourth-order valence-corrected chi connectivity index (χ4v) is 3.01. The van der Waals surface area contributed by atoms with E-state index in [1.807, 2.05) is 12.1 Å². The summed E-state index contributed by atoms with van der Waals surface area (Å²) in [5.41, 5.74) is 2.35. The minimum atomic E-state index is -0.574. The van der Waals surface area contributed by atoms with Gasteiger partial charge >= 0.3 is 0 Å². The third kappa shape index (κ3) is 3.72. The topological polar surface area (TPSA) is 37.4 Å². The third-order valence-corrected chi connectivity index (χ3v) is 4.50. The number of rotatable bonds is 8. The highest BCUT2D eigenvalue weighted by atomic mass is 16.2. The monoisotopic (exact) mass is 313 g/mol. The van der Waals surface area contributed by atoms with E-state index >= 15 is 0 Å². The van der Waals surface area contributed by atoms with Crippen LogP contribution in [0.3, 0.4) is 0 Å². The lowest BCUT2D eigenvalue weighted by atomic mass is 9.73. The van der Waals surface area contributed by atoms with Gasteiger partial charge in [-0.25, -0.2) is 0 Å². The molecule has 1 aliphatic rings. The summed E-state index contributed by atoms with van der Waals surface area (Å²) >= 11 is 0. The molecule has 1 fully saturated rings. The van der Waals surface area contributed by atoms with Crippen LogP contribution in [0.5, 0.6) is 0 Å². The molecule has 3 heteroatoms. The Kier molecular flexibility index (Phi) is 6.14. The fourth-order valence-electron chi connectivity index (χ4n) is 3.01. The van der Waals surface area contributed by atoms with Crippen molar-refractivity contribution in [2.75, 3.05) is 18.0 Å². The summed E-state index contributed by atoms with van der Waals surface area (Å²) < 4.78 is 0. The molecule has 23 heavy (non-hydrogen) atoms. The summed E-state index contributed by atoms with van der Waals surface area (Å²) in [5.74, 6) is -0.659. The second-order valence-corrected chi connectivity index (χ2v) is 6.15. The maximum absolute atomic E-state index is 12.0. The highest BCUT2D eigenvalue weighted by Crippen LogP contribution is 2.34. The number of carbonyl (C=O) groups is 2. The van der Waals surface area contributed by atoms with Crippen molar-refractivity contribution in [2.45, 2.75) is 52.4 Å². The van der Waals surface area contributed by atoms with Crippen molar-refractivity contribution in [1.82, 2.24) is 0 Å². The van der Waals surface area contributed by atoms with Crippen LogP contribution in [-0.4, -0.2) is 24.7 Å². The Bertz CT molecular complexity index is 560. The molecule has 0 unspecified atom stereocenters. The molecule has 0 atom stereocenters. The maximum Gasteiger partial charge on any atom is 0.181 e. The third-order valence-electron chi connectivity index (χ3n) is 4.50. The van der Waals surface area contributed by atoms with Crippen LogP contribution in [0.15, 0.2) is 35.9 Å². The molecule has 0 bridgehead atoms. The molecule has 0 spiro atoms. The molecule has 2 rings (SSSR count). The van der Waals surface area contributed by atoms with Crippen LogP contribution in [0.4, 0.5) is 5.69 Å². The number of hydrogen-bond donors (Lipinski definition) is 0. The number of carbonyl (C=O) groups excluding carboxylic acids is 2. The standard InChI is InChI=1S/C20H27NO2/c1-4-7-13-21(14-8-5-2)16-11-9-15(10-12-16)18-19(22)17(6-3)20(18)23/h6,9-12,18H,4-5,7-8,13-14H2,1-3H3. The van der Waals surface area contributed by atoms with Gasteiger partial charge in [0.25, 0.3) is 0 Å². The SMILES string of the molecule is CC=C1C(=O)C(c2ccc(N(CCCC)CCCC)cc2)C1=O. The molecule has 1 aromatic rings. The summed E-state index contributed by atoms with van der Waals surface area (Å²) in [7, 11) is 0. The molecule has 0 saturated heterocycles. The fraction of sp³-hybridized carbons (Fsp3) is 0.500. The molecule has 0 N–H and O–H groups in total. The van der Waals surface area contributed by atoms with E-state index < -0.39 is 5.92 Å². The first-order valence-electron chi connectivity index (χ1n) is 8.73. The van der Waals surface area contributed by atoms with Gasteiger partial charge in [0.1, 0.15) is 5.92 Å². The summed E-state index contributed by atoms with van der Waals surface area (Å²) in [5, 5.41) is 0. The maximum atomic E-state index is 12.0. The molecule has 0 heterocycles. The molecule has 1 saturated carbocycles. The average molecular weight is 313 g/mol. The summed E-state index contributed by atoms with van der Waals surface area (Å²) in [6.45, 7) is 8.25. The highest BCUT2D eigenvalue weighted by Gasteiger charge is 2.44. The lowest BCUT2D eigenvalue weighted by Gasteiger charge is -2.28. The first-order chi connectivity index (χ1) is 11.1. The van der Waals surface area contributed by atoms with Crippen LogP contribution in [0.25, 0.3) is 0 Å². The van der Waals surface area contributed by atoms with Gasteiger partial charge < -0.3 is 4.90 Å². The second kappa shape index (κ2) is 8.09. The van der Waals surface area contributed by atoms with Crippen LogP contribution >= 0.6 is 0 Å². The Balaban J connectivity index is 2.11. The van der Waals surface area contributed by atoms with Gasteiger partial charge in [-0.2, -0.15) is 0 Å². The van der Waals surface area contributed by atoms with Crippen LogP contribution in [0.1, 0.15) is 57.9 Å². The molecular weight excluding hydrogens is 286 g/mol. The molecular formula is C20H27NO2. The first-order valence-corrected chi connectivity index (χ1v) is 8.73. The normalized spacial score (nSPS) is 17.2. The summed E-state index contributed by atoms with van der Waals surface area (Å²) in [6, 6.07) is 7.98. The Morgan fingerprint density at radius 2 is 1.48 bits per heavy atom. The van der Waals surface area contributed by atoms with Gasteiger partial charge in [-0.1, -0.05) is 44.9 Å². The summed E-state index contributed by atoms with van der Waals surface area (Å²) in [4.78, 5) is 26.4. The van der Waals surface area contributed by atoms with E-state index in [-0.39, 0.29) is 11.6 Å². The van der Waals surface area contributed by atoms with E-state index in [9.17, 15) is 9.59 Å². The zero-order valence-corrected chi connectivity index (χ0v) is 14.5. The van der Waals surface area contributed by atoms with Gasteiger partial charge in [-0.3, -0.25) is 9.59 Å². The van der Waals surface area contributed by atoms with Crippen LogP contribution in [0, 0.1) is 0 Å². The minimum Gasteiger partial charge on any atom is -0.372 e. The van der Waals surface area contributed by atoms with Gasteiger partial charge in [0.15, 0.2) is 11.6 Å². The quantitative estimate of drug-likeness (QED) is 0.408. The number of allylic oxidation sites excluding steroid dienone is 2. The van der Waals surface area contributed by atoms with Crippen molar-refractivity contribution in [3.8, 4) is 0 Å². The van der Waals surface area contributed by atoms with E-state index in [1.165, 1.54) is 31.4 Å². The first kappa shape index (κ1) is 17.5. The molecule has 3 nitrogen and oxygen atoms in total. The molecule has 1 aromatic carbocycles. The van der Waals surface area contributed by atoms with E-state index in [4.69, 9.17) is 0 Å². The van der Waals surface area contributed by atoms with E-state index in [0.717, 1.165) is 18.7 Å². The molecule has 0 aliphatic heterocycles. The van der Waals surface area contributed by atoms with E-state index in [1.54, 1.807) is 13.0 Å². The molecule has 0 aromatic heterocycles. The zero-order chi connectivity index (χ0) is 16.8. The number of ketones is 2. The van der Waals surface area contributed by atoms with Crippen molar-refractivity contribution in [2.24, 2.45) is 0 Å².